The van der Waals surface area contributed by atoms with Gasteiger partial charge in [-0.3, -0.25) is 0 Å². The number of rotatable bonds is 4. The second-order valence-electron chi connectivity index (χ2n) is 13.8. The summed E-state index contributed by atoms with van der Waals surface area (Å²) in [6, 6.07) is 0. The van der Waals surface area contributed by atoms with Crippen molar-refractivity contribution in [3.8, 4) is 0 Å². The molecule has 10 atom stereocenters. The quantitative estimate of drug-likeness (QED) is 0.195. The van der Waals surface area contributed by atoms with Gasteiger partial charge in [-0.2, -0.15) is 0 Å². The third kappa shape index (κ3) is 16.5. The zero-order valence-electron chi connectivity index (χ0n) is 31.2. The predicted molar refractivity (Wildman–Crippen MR) is 222 cm³/mol. The molecular weight excluding hydrogens is 853 g/mol. The monoisotopic (exact) mass is 912 g/mol. The third-order valence-electron chi connectivity index (χ3n) is 11.4. The summed E-state index contributed by atoms with van der Waals surface area (Å²) in [7, 11) is 19.7. The van der Waals surface area contributed by atoms with Gasteiger partial charge < -0.3 is 29.7 Å². The fourth-order valence-electron chi connectivity index (χ4n) is 9.04. The third-order valence-corrected chi connectivity index (χ3v) is 11.4. The van der Waals surface area contributed by atoms with Crippen LogP contribution in [0.5, 0.6) is 0 Å². The van der Waals surface area contributed by atoms with Gasteiger partial charge in [-0.1, -0.05) is 122 Å². The molecule has 10 unspecified atom stereocenters. The van der Waals surface area contributed by atoms with Crippen LogP contribution in [-0.4, -0.2) is 0 Å². The zero-order chi connectivity index (χ0) is 32.4. The molecule has 6 heteroatoms. The van der Waals surface area contributed by atoms with Crippen molar-refractivity contribution in [2.24, 2.45) is 59.2 Å². The zero-order valence-corrected chi connectivity index (χ0v) is 39.1. The Kier molecular flexibility index (Phi) is 30.2. The summed E-state index contributed by atoms with van der Waals surface area (Å²) in [4.78, 5) is 0. The molecule has 50 heavy (non-hydrogen) atoms. The van der Waals surface area contributed by atoms with Gasteiger partial charge in [0.15, 0.2) is 0 Å². The average molecular weight is 917 g/mol. The second-order valence-corrected chi connectivity index (χ2v) is 21.3. The number of allylic oxidation sites excluding steroid dienone is 18. The molecule has 0 radical (unpaired) electrons. The molecule has 0 aromatic heterocycles. The van der Waals surface area contributed by atoms with Gasteiger partial charge in [-0.15, -0.1) is 0 Å². The van der Waals surface area contributed by atoms with Crippen LogP contribution in [0.2, 0.25) is 0 Å². The van der Waals surface area contributed by atoms with E-state index in [4.69, 9.17) is 34.1 Å². The molecule has 4 fully saturated rings. The number of hydrogen-bond acceptors (Lipinski definition) is 0. The fraction of sp³-hybridized carbons (Fsp3) is 0.500. The van der Waals surface area contributed by atoms with Gasteiger partial charge in [-0.05, 0) is 123 Å². The van der Waals surface area contributed by atoms with Crippen LogP contribution in [-0.2, 0) is 41.7 Å². The van der Waals surface area contributed by atoms with Crippen LogP contribution in [0.3, 0.4) is 0 Å². The van der Waals surface area contributed by atoms with Crippen LogP contribution < -0.4 is 0 Å². The van der Waals surface area contributed by atoms with Crippen molar-refractivity contribution in [1.29, 1.82) is 0 Å². The molecule has 0 N–H and O–H groups in total. The topological polar surface area (TPSA) is 0 Å². The minimum atomic E-state index is -0.826. The maximum absolute atomic E-state index is 4.93. The normalized spacial score (nSPS) is 33.0. The Morgan fingerprint density at radius 3 is 0.940 bits per heavy atom. The van der Waals surface area contributed by atoms with Crippen molar-refractivity contribution >= 4 is 34.1 Å². The molecular formula is C44H64Cl4Zr2. The second kappa shape index (κ2) is 29.9. The standard InChI is InChI=1S/C22H28.2C9H12.4CH3.4ClH.2Zr/c1(7-17-13-15-19-9-3-5-11-21(17)19)2-8-18-14-16-20-10-4-6-12-22(18)20;2*1-2-5-9-7-3-6-8(9)4-1;;;;;;;;;;/h1-6,9-12,17-22H,7-8,13-16H2;2*1-2,4-5,8-9H,3,6-7H2;4*1H3;4*1H;;/q;;;4*-1;;;;;2*+4/p-4/b2-1+;;;;;;;;;;;;. The Morgan fingerprint density at radius 1 is 0.380 bits per heavy atom. The van der Waals surface area contributed by atoms with E-state index in [9.17, 15) is 0 Å². The Labute approximate surface area is 347 Å². The molecule has 0 spiro atoms. The van der Waals surface area contributed by atoms with Crippen LogP contribution in [0.4, 0.5) is 0 Å². The Bertz CT molecular complexity index is 1020. The number of hydrogen-bond donors (Lipinski definition) is 0. The van der Waals surface area contributed by atoms with E-state index in [-0.39, 0.29) is 29.7 Å². The summed E-state index contributed by atoms with van der Waals surface area (Å²) in [5, 5.41) is 0. The van der Waals surface area contributed by atoms with Gasteiger partial charge in [0.05, 0.1) is 0 Å². The first-order valence-corrected chi connectivity index (χ1v) is 30.3. The van der Waals surface area contributed by atoms with Crippen LogP contribution in [0.25, 0.3) is 0 Å². The van der Waals surface area contributed by atoms with Crippen molar-refractivity contribution in [1.82, 2.24) is 0 Å². The molecule has 0 aromatic carbocycles. The Balaban J connectivity index is 0.000000718. The molecule has 8 aliphatic carbocycles. The first kappa shape index (κ1) is 50.6. The molecule has 8 rings (SSSR count). The van der Waals surface area contributed by atoms with E-state index in [1.807, 2.05) is 0 Å². The number of halogens is 4. The molecule has 276 valence electrons. The molecule has 0 heterocycles. The summed E-state index contributed by atoms with van der Waals surface area (Å²) in [6.45, 7) is 0. The summed E-state index contributed by atoms with van der Waals surface area (Å²) in [6.07, 6.45) is 58.7. The molecule has 4 saturated carbocycles. The average Bonchev–Trinajstić information content (AvgIpc) is 3.91. The summed E-state index contributed by atoms with van der Waals surface area (Å²) in [5.74, 6) is 8.66. The first-order chi connectivity index (χ1) is 22.7. The van der Waals surface area contributed by atoms with Gasteiger partial charge in [0, 0.05) is 0 Å². The Hall–Kier alpha value is 0.586. The van der Waals surface area contributed by atoms with Crippen LogP contribution >= 0.6 is 34.1 Å². The van der Waals surface area contributed by atoms with E-state index in [0.717, 1.165) is 59.2 Å². The van der Waals surface area contributed by atoms with Crippen molar-refractivity contribution in [2.45, 2.75) is 77.0 Å². The van der Waals surface area contributed by atoms with Gasteiger partial charge in [0.2, 0.25) is 0 Å². The number of fused-ring (bicyclic) bond motifs is 4. The van der Waals surface area contributed by atoms with E-state index >= 15 is 0 Å². The van der Waals surface area contributed by atoms with Gasteiger partial charge in [-0.25, -0.2) is 0 Å². The van der Waals surface area contributed by atoms with Gasteiger partial charge >= 0.3 is 75.7 Å². The molecule has 0 aliphatic heterocycles. The van der Waals surface area contributed by atoms with E-state index in [0.29, 0.717) is 0 Å². The van der Waals surface area contributed by atoms with Crippen LogP contribution in [0.1, 0.15) is 77.0 Å². The molecule has 0 saturated heterocycles. The summed E-state index contributed by atoms with van der Waals surface area (Å²) < 4.78 is 0. The first-order valence-electron chi connectivity index (χ1n) is 17.7. The summed E-state index contributed by atoms with van der Waals surface area (Å²) >= 11 is -1.65. The minimum absolute atomic E-state index is 0. The van der Waals surface area contributed by atoms with Crippen molar-refractivity contribution < 1.29 is 41.7 Å². The SMILES string of the molecule is C1=CC2CCC(C/C=C/CC3CCC4C=CC=CC43)C2C=C1.C1=CC2CCCC2C=C1.C1=CC2CCCC2C=C1.[CH3-].[CH3-].[CH3-].[CH3-].[Cl][Zr+2][Cl].[Cl][Zr+2][Cl]. The Morgan fingerprint density at radius 2 is 0.640 bits per heavy atom. The summed E-state index contributed by atoms with van der Waals surface area (Å²) in [5.41, 5.74) is 0. The molecule has 0 nitrogen and oxygen atoms in total. The molecule has 0 amide bonds. The van der Waals surface area contributed by atoms with Gasteiger partial charge in [0.1, 0.15) is 0 Å². The van der Waals surface area contributed by atoms with E-state index in [1.165, 1.54) is 77.0 Å². The van der Waals surface area contributed by atoms with E-state index in [2.05, 4.69) is 109 Å². The molecule has 0 bridgehead atoms. The van der Waals surface area contributed by atoms with Crippen molar-refractivity contribution in [2.75, 3.05) is 0 Å². The van der Waals surface area contributed by atoms with E-state index in [1.54, 1.807) is 0 Å². The molecule has 8 aliphatic rings. The van der Waals surface area contributed by atoms with Crippen molar-refractivity contribution in [3.63, 3.8) is 0 Å². The maximum atomic E-state index is 4.93. The molecule has 0 aromatic rings. The van der Waals surface area contributed by atoms with Gasteiger partial charge in [0.25, 0.3) is 0 Å². The predicted octanol–water partition coefficient (Wildman–Crippen LogP) is 15.5. The van der Waals surface area contributed by atoms with E-state index < -0.39 is 41.7 Å². The van der Waals surface area contributed by atoms with Crippen LogP contribution in [0, 0.1) is 88.9 Å². The van der Waals surface area contributed by atoms with Crippen LogP contribution in [0.15, 0.2) is 109 Å². The van der Waals surface area contributed by atoms with Crippen molar-refractivity contribution in [3.05, 3.63) is 139 Å². The fourth-order valence-corrected chi connectivity index (χ4v) is 9.04.